The Labute approximate surface area is 85.0 Å². The summed E-state index contributed by atoms with van der Waals surface area (Å²) in [5.41, 5.74) is 1.07. The Balaban J connectivity index is 2.54. The third kappa shape index (κ3) is 2.84. The van der Waals surface area contributed by atoms with Gasteiger partial charge >= 0.3 is 5.97 Å². The minimum atomic E-state index is -0.336. The minimum Gasteiger partial charge on any atom is -0.468 e. The number of methoxy groups -OCH3 is 1. The Bertz CT molecular complexity index is 298. The first kappa shape index (κ1) is 10.2. The molecule has 4 nitrogen and oxygen atoms in total. The number of rotatable bonds is 3. The van der Waals surface area contributed by atoms with E-state index in [9.17, 15) is 4.79 Å². The molecule has 0 aliphatic heterocycles. The van der Waals surface area contributed by atoms with Crippen molar-refractivity contribution in [2.24, 2.45) is 0 Å². The fraction of sp³-hybridized carbons (Fsp3) is 0.500. The lowest BCUT2D eigenvalue weighted by Crippen LogP contribution is -2.21. The highest BCUT2D eigenvalue weighted by Gasteiger charge is 2.15. The number of halogens is 1. The second-order valence-corrected chi connectivity index (χ2v) is 3.84. The summed E-state index contributed by atoms with van der Waals surface area (Å²) < 4.78 is 6.26. The van der Waals surface area contributed by atoms with Crippen molar-refractivity contribution < 1.29 is 9.53 Å². The molecule has 0 N–H and O–H groups in total. The van der Waals surface area contributed by atoms with E-state index in [1.165, 1.54) is 7.11 Å². The average Bonchev–Trinajstić information content (AvgIpc) is 2.49. The topological polar surface area (TPSA) is 44.1 Å². The number of carbonyl (C=O) groups excluding carboxylic acids is 1. The number of aryl methyl sites for hydroxylation is 1. The standard InChI is InChI=1S/C8H11BrN2O2/c1-6-3-10-11(4-6)5-7(9)8(12)13-2/h3-4,7H,5H2,1-2H3. The number of ether oxygens (including phenoxy) is 1. The summed E-state index contributed by atoms with van der Waals surface area (Å²) in [4.78, 5) is 10.7. The Morgan fingerprint density at radius 2 is 2.54 bits per heavy atom. The minimum absolute atomic E-state index is 0.284. The van der Waals surface area contributed by atoms with Gasteiger partial charge in [0.15, 0.2) is 0 Å². The molecule has 0 spiro atoms. The van der Waals surface area contributed by atoms with Crippen molar-refractivity contribution in [1.82, 2.24) is 9.78 Å². The molecule has 0 radical (unpaired) electrons. The Kier molecular flexibility index (Phi) is 3.48. The Morgan fingerprint density at radius 3 is 3.00 bits per heavy atom. The average molecular weight is 247 g/mol. The van der Waals surface area contributed by atoms with Crippen molar-refractivity contribution in [3.63, 3.8) is 0 Å². The zero-order valence-electron chi connectivity index (χ0n) is 7.53. The van der Waals surface area contributed by atoms with E-state index < -0.39 is 0 Å². The highest BCUT2D eigenvalue weighted by Crippen LogP contribution is 2.05. The molecule has 0 aromatic carbocycles. The van der Waals surface area contributed by atoms with Gasteiger partial charge in [0.2, 0.25) is 0 Å². The molecule has 1 unspecified atom stereocenters. The van der Waals surface area contributed by atoms with Crippen LogP contribution in [-0.2, 0) is 16.1 Å². The first-order valence-corrected chi connectivity index (χ1v) is 4.76. The normalized spacial score (nSPS) is 12.5. The zero-order valence-corrected chi connectivity index (χ0v) is 9.11. The van der Waals surface area contributed by atoms with Crippen LogP contribution in [0.2, 0.25) is 0 Å². The SMILES string of the molecule is COC(=O)C(Br)Cn1cc(C)cn1. The van der Waals surface area contributed by atoms with Crippen LogP contribution in [0.4, 0.5) is 0 Å². The van der Waals surface area contributed by atoms with Crippen molar-refractivity contribution in [3.8, 4) is 0 Å². The molecule has 1 aromatic heterocycles. The van der Waals surface area contributed by atoms with Crippen LogP contribution in [0.1, 0.15) is 5.56 Å². The summed E-state index contributed by atoms with van der Waals surface area (Å²) in [6.45, 7) is 2.44. The third-order valence-corrected chi connectivity index (χ3v) is 2.23. The molecule has 5 heteroatoms. The molecule has 0 aliphatic rings. The fourth-order valence-corrected chi connectivity index (χ4v) is 1.42. The molecule has 0 amide bonds. The predicted octanol–water partition coefficient (Wildman–Crippen LogP) is 1.13. The van der Waals surface area contributed by atoms with Gasteiger partial charge < -0.3 is 4.74 Å². The number of hydrogen-bond acceptors (Lipinski definition) is 3. The van der Waals surface area contributed by atoms with E-state index in [0.717, 1.165) is 5.56 Å². The maximum Gasteiger partial charge on any atom is 0.321 e. The summed E-state index contributed by atoms with van der Waals surface area (Å²) in [6, 6.07) is 0. The van der Waals surface area contributed by atoms with Crippen molar-refractivity contribution >= 4 is 21.9 Å². The zero-order chi connectivity index (χ0) is 9.84. The molecule has 0 bridgehead atoms. The van der Waals surface area contributed by atoms with Crippen LogP contribution in [0.5, 0.6) is 0 Å². The lowest BCUT2D eigenvalue weighted by Gasteiger charge is -2.06. The summed E-state index contributed by atoms with van der Waals surface area (Å²) >= 11 is 3.21. The van der Waals surface area contributed by atoms with Crippen molar-refractivity contribution in [2.45, 2.75) is 18.3 Å². The highest BCUT2D eigenvalue weighted by molar-refractivity contribution is 9.10. The van der Waals surface area contributed by atoms with Gasteiger partial charge in [0.05, 0.1) is 19.9 Å². The van der Waals surface area contributed by atoms with Crippen LogP contribution in [0.3, 0.4) is 0 Å². The molecular formula is C8H11BrN2O2. The van der Waals surface area contributed by atoms with E-state index in [0.29, 0.717) is 6.54 Å². The Morgan fingerprint density at radius 1 is 1.85 bits per heavy atom. The molecule has 72 valence electrons. The van der Waals surface area contributed by atoms with Gasteiger partial charge in [-0.25, -0.2) is 0 Å². The summed E-state index contributed by atoms with van der Waals surface area (Å²) in [5, 5.41) is 4.05. The molecule has 1 atom stereocenters. The maximum atomic E-state index is 11.0. The molecule has 1 aromatic rings. The number of esters is 1. The van der Waals surface area contributed by atoms with Crippen LogP contribution in [0.25, 0.3) is 0 Å². The van der Waals surface area contributed by atoms with E-state index in [4.69, 9.17) is 0 Å². The summed E-state index contributed by atoms with van der Waals surface area (Å²) in [7, 11) is 1.37. The van der Waals surface area contributed by atoms with E-state index in [2.05, 4.69) is 25.8 Å². The van der Waals surface area contributed by atoms with Crippen LogP contribution in [0, 0.1) is 6.92 Å². The largest absolute Gasteiger partial charge is 0.468 e. The quantitative estimate of drug-likeness (QED) is 0.594. The van der Waals surface area contributed by atoms with Crippen molar-refractivity contribution in [1.29, 1.82) is 0 Å². The van der Waals surface area contributed by atoms with Gasteiger partial charge in [-0.3, -0.25) is 9.48 Å². The van der Waals surface area contributed by atoms with E-state index >= 15 is 0 Å². The molecule has 1 heterocycles. The second kappa shape index (κ2) is 4.41. The highest BCUT2D eigenvalue weighted by atomic mass is 79.9. The smallest absolute Gasteiger partial charge is 0.321 e. The fourth-order valence-electron chi connectivity index (χ4n) is 0.933. The van der Waals surface area contributed by atoms with Crippen molar-refractivity contribution in [3.05, 3.63) is 18.0 Å². The molecule has 1 rings (SSSR count). The van der Waals surface area contributed by atoms with Gasteiger partial charge in [0.25, 0.3) is 0 Å². The van der Waals surface area contributed by atoms with Crippen LogP contribution in [0.15, 0.2) is 12.4 Å². The first-order valence-electron chi connectivity index (χ1n) is 3.84. The predicted molar refractivity (Wildman–Crippen MR) is 51.7 cm³/mol. The van der Waals surface area contributed by atoms with Crippen LogP contribution in [-0.4, -0.2) is 27.7 Å². The van der Waals surface area contributed by atoms with Crippen LogP contribution < -0.4 is 0 Å². The number of alkyl halides is 1. The molecule has 0 saturated carbocycles. The van der Waals surface area contributed by atoms with Gasteiger partial charge in [-0.2, -0.15) is 5.10 Å². The second-order valence-electron chi connectivity index (χ2n) is 2.73. The molecule has 0 aliphatic carbocycles. The van der Waals surface area contributed by atoms with Crippen molar-refractivity contribution in [2.75, 3.05) is 7.11 Å². The summed E-state index contributed by atoms with van der Waals surface area (Å²) in [6.07, 6.45) is 3.62. The molecule has 0 fully saturated rings. The van der Waals surface area contributed by atoms with Gasteiger partial charge in [0.1, 0.15) is 4.83 Å². The molecule has 0 saturated heterocycles. The number of nitrogens with zero attached hydrogens (tertiary/aromatic N) is 2. The van der Waals surface area contributed by atoms with Gasteiger partial charge in [0, 0.05) is 6.20 Å². The first-order chi connectivity index (χ1) is 6.13. The monoisotopic (exact) mass is 246 g/mol. The molecule has 13 heavy (non-hydrogen) atoms. The number of hydrogen-bond donors (Lipinski definition) is 0. The van der Waals surface area contributed by atoms with E-state index in [-0.39, 0.29) is 10.8 Å². The van der Waals surface area contributed by atoms with E-state index in [1.807, 2.05) is 13.1 Å². The van der Waals surface area contributed by atoms with Crippen LogP contribution >= 0.6 is 15.9 Å². The third-order valence-electron chi connectivity index (χ3n) is 1.57. The lowest BCUT2D eigenvalue weighted by molar-refractivity contribution is -0.140. The maximum absolute atomic E-state index is 11.0. The number of carbonyl (C=O) groups is 1. The van der Waals surface area contributed by atoms with Gasteiger partial charge in [-0.1, -0.05) is 15.9 Å². The summed E-state index contributed by atoms with van der Waals surface area (Å²) in [5.74, 6) is -0.284. The Hall–Kier alpha value is -0.840. The van der Waals surface area contributed by atoms with Gasteiger partial charge in [-0.15, -0.1) is 0 Å². The lowest BCUT2D eigenvalue weighted by atomic mass is 10.4. The molecular weight excluding hydrogens is 236 g/mol. The van der Waals surface area contributed by atoms with E-state index in [1.54, 1.807) is 10.9 Å². The van der Waals surface area contributed by atoms with Gasteiger partial charge in [-0.05, 0) is 12.5 Å². The number of aromatic nitrogens is 2.